The van der Waals surface area contributed by atoms with E-state index < -0.39 is 11.8 Å². The van der Waals surface area contributed by atoms with Crippen molar-refractivity contribution in [1.82, 2.24) is 5.32 Å². The molecule has 0 aromatic heterocycles. The Labute approximate surface area is 120 Å². The number of benzene rings is 2. The van der Waals surface area contributed by atoms with Gasteiger partial charge in [-0.1, -0.05) is 30.3 Å². The molecular formula is C16H11NO4. The second-order valence-corrected chi connectivity index (χ2v) is 4.73. The summed E-state index contributed by atoms with van der Waals surface area (Å²) in [6, 6.07) is 11.0. The molecule has 5 heteroatoms. The van der Waals surface area contributed by atoms with Crippen LogP contribution in [0.25, 0.3) is 0 Å². The third-order valence-corrected chi connectivity index (χ3v) is 3.40. The fourth-order valence-electron chi connectivity index (χ4n) is 2.24. The van der Waals surface area contributed by atoms with Gasteiger partial charge in [-0.2, -0.15) is 0 Å². The van der Waals surface area contributed by atoms with E-state index in [1.165, 1.54) is 18.2 Å². The van der Waals surface area contributed by atoms with Gasteiger partial charge in [0, 0.05) is 11.1 Å². The third kappa shape index (κ3) is 2.23. The van der Waals surface area contributed by atoms with Crippen molar-refractivity contribution in [3.63, 3.8) is 0 Å². The van der Waals surface area contributed by atoms with E-state index in [1.54, 1.807) is 24.3 Å². The van der Waals surface area contributed by atoms with Crippen LogP contribution in [0.5, 0.6) is 0 Å². The summed E-state index contributed by atoms with van der Waals surface area (Å²) in [5, 5.41) is 11.2. The van der Waals surface area contributed by atoms with Crippen LogP contribution in [0.1, 0.15) is 42.2 Å². The van der Waals surface area contributed by atoms with Crippen LogP contribution in [-0.2, 0) is 6.61 Å². The fraction of sp³-hybridized carbons (Fsp3) is 0.0625. The van der Waals surface area contributed by atoms with Gasteiger partial charge in [0.2, 0.25) is 0 Å². The lowest BCUT2D eigenvalue weighted by molar-refractivity contribution is 0.0879. The van der Waals surface area contributed by atoms with Crippen LogP contribution in [0.15, 0.2) is 42.5 Å². The highest BCUT2D eigenvalue weighted by atomic mass is 16.3. The lowest BCUT2D eigenvalue weighted by Crippen LogP contribution is -2.19. The summed E-state index contributed by atoms with van der Waals surface area (Å²) < 4.78 is 0. The normalized spacial score (nSPS) is 13.0. The molecule has 0 saturated carbocycles. The van der Waals surface area contributed by atoms with E-state index in [1.807, 2.05) is 0 Å². The van der Waals surface area contributed by atoms with Gasteiger partial charge in [-0.05, 0) is 17.7 Å². The van der Waals surface area contributed by atoms with Gasteiger partial charge in [-0.25, -0.2) is 0 Å². The quantitative estimate of drug-likeness (QED) is 0.656. The number of ketones is 1. The average molecular weight is 281 g/mol. The molecule has 2 amide bonds. The molecule has 2 aromatic carbocycles. The molecule has 0 unspecified atom stereocenters. The lowest BCUT2D eigenvalue weighted by Gasteiger charge is -2.04. The molecule has 0 spiro atoms. The van der Waals surface area contributed by atoms with Crippen molar-refractivity contribution >= 4 is 17.6 Å². The minimum Gasteiger partial charge on any atom is -0.392 e. The highest BCUT2D eigenvalue weighted by molar-refractivity contribution is 6.22. The van der Waals surface area contributed by atoms with Crippen LogP contribution >= 0.6 is 0 Å². The second-order valence-electron chi connectivity index (χ2n) is 4.73. The van der Waals surface area contributed by atoms with Gasteiger partial charge in [0.15, 0.2) is 5.78 Å². The van der Waals surface area contributed by atoms with E-state index in [2.05, 4.69) is 5.32 Å². The number of carbonyl (C=O) groups excluding carboxylic acids is 3. The zero-order chi connectivity index (χ0) is 15.0. The zero-order valence-electron chi connectivity index (χ0n) is 10.9. The van der Waals surface area contributed by atoms with Crippen molar-refractivity contribution in [2.45, 2.75) is 6.61 Å². The molecule has 1 heterocycles. The van der Waals surface area contributed by atoms with E-state index in [0.29, 0.717) is 16.7 Å². The van der Waals surface area contributed by atoms with Gasteiger partial charge in [-0.15, -0.1) is 0 Å². The minimum absolute atomic E-state index is 0.0877. The van der Waals surface area contributed by atoms with Crippen molar-refractivity contribution in [1.29, 1.82) is 0 Å². The highest BCUT2D eigenvalue weighted by Crippen LogP contribution is 2.19. The standard InChI is InChI=1S/C16H11NO4/c18-8-9-1-3-10(4-2-9)14(19)11-5-6-12-13(7-11)16(21)17-15(12)20/h1-7,18H,8H2,(H,17,20,21). The summed E-state index contributed by atoms with van der Waals surface area (Å²) in [7, 11) is 0. The average Bonchev–Trinajstić information content (AvgIpc) is 2.81. The topological polar surface area (TPSA) is 83.5 Å². The molecular weight excluding hydrogens is 270 g/mol. The van der Waals surface area contributed by atoms with Gasteiger partial charge in [0.05, 0.1) is 17.7 Å². The molecule has 0 fully saturated rings. The molecule has 0 atom stereocenters. The van der Waals surface area contributed by atoms with Crippen LogP contribution in [0, 0.1) is 0 Å². The zero-order valence-corrected chi connectivity index (χ0v) is 10.9. The number of aliphatic hydroxyl groups is 1. The molecule has 1 aliphatic rings. The number of imide groups is 1. The fourth-order valence-corrected chi connectivity index (χ4v) is 2.24. The number of aliphatic hydroxyl groups excluding tert-OH is 1. The number of hydrogen-bond donors (Lipinski definition) is 2. The van der Waals surface area contributed by atoms with Crippen LogP contribution in [-0.4, -0.2) is 22.7 Å². The maximum Gasteiger partial charge on any atom is 0.258 e. The second kappa shape index (κ2) is 4.96. The molecule has 0 bridgehead atoms. The summed E-state index contributed by atoms with van der Waals surface area (Å²) in [4.78, 5) is 35.4. The number of rotatable bonds is 3. The number of amides is 2. The molecule has 2 N–H and O–H groups in total. The van der Waals surface area contributed by atoms with Crippen molar-refractivity contribution in [2.24, 2.45) is 0 Å². The third-order valence-electron chi connectivity index (χ3n) is 3.40. The van der Waals surface area contributed by atoms with Crippen molar-refractivity contribution in [3.05, 3.63) is 70.3 Å². The van der Waals surface area contributed by atoms with E-state index in [0.717, 1.165) is 0 Å². The largest absolute Gasteiger partial charge is 0.392 e. The number of hydrogen-bond acceptors (Lipinski definition) is 4. The minimum atomic E-state index is -0.486. The maximum atomic E-state index is 12.4. The van der Waals surface area contributed by atoms with Crippen LogP contribution in [0.2, 0.25) is 0 Å². The first-order chi connectivity index (χ1) is 10.1. The van der Waals surface area contributed by atoms with E-state index in [9.17, 15) is 14.4 Å². The molecule has 5 nitrogen and oxygen atoms in total. The SMILES string of the molecule is O=C(c1ccc(CO)cc1)c1ccc2c(c1)C(=O)NC2=O. The van der Waals surface area contributed by atoms with Crippen molar-refractivity contribution < 1.29 is 19.5 Å². The smallest absolute Gasteiger partial charge is 0.258 e. The molecule has 0 aliphatic carbocycles. The number of fused-ring (bicyclic) bond motifs is 1. The van der Waals surface area contributed by atoms with Gasteiger partial charge in [0.25, 0.3) is 11.8 Å². The Morgan fingerprint density at radius 3 is 2.19 bits per heavy atom. The lowest BCUT2D eigenvalue weighted by atomic mass is 9.98. The molecule has 21 heavy (non-hydrogen) atoms. The summed E-state index contributed by atoms with van der Waals surface area (Å²) >= 11 is 0. The first-order valence-corrected chi connectivity index (χ1v) is 6.34. The summed E-state index contributed by atoms with van der Waals surface area (Å²) in [5.74, 6) is -1.17. The Morgan fingerprint density at radius 1 is 0.905 bits per heavy atom. The first kappa shape index (κ1) is 13.2. The molecule has 2 aromatic rings. The van der Waals surface area contributed by atoms with Crippen LogP contribution in [0.3, 0.4) is 0 Å². The Bertz CT molecular complexity index is 762. The molecule has 0 saturated heterocycles. The highest BCUT2D eigenvalue weighted by Gasteiger charge is 2.27. The van der Waals surface area contributed by atoms with E-state index in [4.69, 9.17) is 5.11 Å². The molecule has 0 radical (unpaired) electrons. The van der Waals surface area contributed by atoms with Gasteiger partial charge in [-0.3, -0.25) is 19.7 Å². The maximum absolute atomic E-state index is 12.4. The summed E-state index contributed by atoms with van der Waals surface area (Å²) in [5.41, 5.74) is 2.02. The van der Waals surface area contributed by atoms with E-state index >= 15 is 0 Å². The summed E-state index contributed by atoms with van der Waals surface area (Å²) in [6.45, 7) is -0.0877. The van der Waals surface area contributed by atoms with E-state index in [-0.39, 0.29) is 23.5 Å². The Kier molecular flexibility index (Phi) is 3.12. The molecule has 3 rings (SSSR count). The van der Waals surface area contributed by atoms with Gasteiger partial charge >= 0.3 is 0 Å². The Balaban J connectivity index is 1.97. The van der Waals surface area contributed by atoms with Crippen LogP contribution < -0.4 is 5.32 Å². The number of carbonyl (C=O) groups is 3. The Hall–Kier alpha value is -2.79. The monoisotopic (exact) mass is 281 g/mol. The Morgan fingerprint density at radius 2 is 1.52 bits per heavy atom. The predicted molar refractivity (Wildman–Crippen MR) is 74.0 cm³/mol. The van der Waals surface area contributed by atoms with Crippen molar-refractivity contribution in [3.8, 4) is 0 Å². The van der Waals surface area contributed by atoms with Crippen LogP contribution in [0.4, 0.5) is 0 Å². The number of nitrogens with one attached hydrogen (secondary N) is 1. The van der Waals surface area contributed by atoms with Gasteiger partial charge < -0.3 is 5.11 Å². The molecule has 104 valence electrons. The van der Waals surface area contributed by atoms with Crippen molar-refractivity contribution in [2.75, 3.05) is 0 Å². The molecule has 1 aliphatic heterocycles. The van der Waals surface area contributed by atoms with Gasteiger partial charge in [0.1, 0.15) is 0 Å². The first-order valence-electron chi connectivity index (χ1n) is 6.34. The summed E-state index contributed by atoms with van der Waals surface area (Å²) in [6.07, 6.45) is 0. The predicted octanol–water partition coefficient (Wildman–Crippen LogP) is 1.29.